The van der Waals surface area contributed by atoms with Crippen LogP contribution in [0.1, 0.15) is 20.3 Å². The Morgan fingerprint density at radius 1 is 1.09 bits per heavy atom. The first-order valence-corrected chi connectivity index (χ1v) is 7.24. The Hall–Kier alpha value is -2.82. The van der Waals surface area contributed by atoms with Crippen LogP contribution in [0.2, 0.25) is 0 Å². The summed E-state index contributed by atoms with van der Waals surface area (Å²) in [5.41, 5.74) is 4.72. The molecule has 0 bridgehead atoms. The number of hydrogen-bond acceptors (Lipinski definition) is 4. The minimum absolute atomic E-state index is 0.0849. The Balaban J connectivity index is 2.34. The fourth-order valence-electron chi connectivity index (χ4n) is 1.90. The molecule has 0 saturated carbocycles. The normalized spacial score (nSPS) is 10.5. The van der Waals surface area contributed by atoms with Gasteiger partial charge in [-0.2, -0.15) is 10.2 Å². The monoisotopic (exact) mass is 296 g/mol. The van der Waals surface area contributed by atoms with Crippen LogP contribution < -0.4 is 10.5 Å². The highest BCUT2D eigenvalue weighted by Crippen LogP contribution is 2.18. The van der Waals surface area contributed by atoms with Gasteiger partial charge >= 0.3 is 0 Å². The molecule has 0 aliphatic rings. The molecule has 0 heterocycles. The van der Waals surface area contributed by atoms with E-state index in [1.807, 2.05) is 74.5 Å². The molecule has 2 aromatic rings. The van der Waals surface area contributed by atoms with Crippen LogP contribution in [0.3, 0.4) is 0 Å². The molecule has 2 rings (SSSR count). The minimum atomic E-state index is -0.0849. The van der Waals surface area contributed by atoms with Crippen LogP contribution in [0, 0.1) is 0 Å². The molecule has 1 N–H and O–H groups in total. The van der Waals surface area contributed by atoms with Crippen LogP contribution in [0.25, 0.3) is 0 Å². The Bertz CT molecular complexity index is 613. The summed E-state index contributed by atoms with van der Waals surface area (Å²) in [6.45, 7) is 3.63. The predicted molar refractivity (Wildman–Crippen MR) is 90.3 cm³/mol. The molecule has 0 atom stereocenters. The number of para-hydroxylation sites is 2. The first kappa shape index (κ1) is 15.6. The molecule has 0 aliphatic heterocycles. The summed E-state index contributed by atoms with van der Waals surface area (Å²) in [6, 6.07) is 19.1. The van der Waals surface area contributed by atoms with Gasteiger partial charge in [0.25, 0.3) is 5.91 Å². The maximum Gasteiger partial charge on any atom is 0.262 e. The molecular weight excluding hydrogens is 276 g/mol. The number of hydrazone groups is 1. The molecule has 0 unspecified atom stereocenters. The molecular formula is C17H20N4O. The van der Waals surface area contributed by atoms with Gasteiger partial charge in [-0.05, 0) is 31.2 Å². The van der Waals surface area contributed by atoms with Crippen molar-refractivity contribution in [3.63, 3.8) is 0 Å². The standard InChI is InChI=1S/C17H20N4O/c1-3-17(22)21(19-15-11-7-5-8-12-15)20(18-4-2)16-13-9-6-10-14-16/h4-14,19H,3H2,1-2H3/b18-4+. The minimum Gasteiger partial charge on any atom is -0.275 e. The van der Waals surface area contributed by atoms with Crippen molar-refractivity contribution in [1.29, 1.82) is 0 Å². The Morgan fingerprint density at radius 2 is 1.68 bits per heavy atom. The lowest BCUT2D eigenvalue weighted by Crippen LogP contribution is -2.47. The zero-order valence-corrected chi connectivity index (χ0v) is 12.8. The molecule has 0 aromatic heterocycles. The van der Waals surface area contributed by atoms with Gasteiger partial charge in [0, 0.05) is 12.6 Å². The Morgan fingerprint density at radius 3 is 2.23 bits per heavy atom. The highest BCUT2D eigenvalue weighted by Gasteiger charge is 2.20. The van der Waals surface area contributed by atoms with Gasteiger partial charge in [-0.15, -0.1) is 5.12 Å². The molecule has 0 spiro atoms. The van der Waals surface area contributed by atoms with Crippen LogP contribution in [0.4, 0.5) is 11.4 Å². The zero-order valence-electron chi connectivity index (χ0n) is 12.8. The van der Waals surface area contributed by atoms with Crippen molar-refractivity contribution in [3.8, 4) is 0 Å². The van der Waals surface area contributed by atoms with Crippen LogP contribution >= 0.6 is 0 Å². The van der Waals surface area contributed by atoms with Crippen molar-refractivity contribution in [2.24, 2.45) is 5.10 Å². The van der Waals surface area contributed by atoms with E-state index in [2.05, 4.69) is 10.5 Å². The van der Waals surface area contributed by atoms with Gasteiger partial charge in [0.1, 0.15) is 0 Å². The fourth-order valence-corrected chi connectivity index (χ4v) is 1.90. The number of carbonyl (C=O) groups is 1. The lowest BCUT2D eigenvalue weighted by atomic mass is 10.3. The highest BCUT2D eigenvalue weighted by atomic mass is 16.2. The molecule has 0 radical (unpaired) electrons. The van der Waals surface area contributed by atoms with Crippen LogP contribution in [0.15, 0.2) is 65.8 Å². The fraction of sp³-hybridized carbons (Fsp3) is 0.176. The van der Waals surface area contributed by atoms with Crippen molar-refractivity contribution in [1.82, 2.24) is 5.12 Å². The zero-order chi connectivity index (χ0) is 15.8. The van der Waals surface area contributed by atoms with Crippen LogP contribution in [-0.4, -0.2) is 17.2 Å². The average Bonchev–Trinajstić information content (AvgIpc) is 2.59. The van der Waals surface area contributed by atoms with E-state index in [1.165, 1.54) is 5.12 Å². The van der Waals surface area contributed by atoms with E-state index in [0.717, 1.165) is 11.4 Å². The second-order valence-corrected chi connectivity index (χ2v) is 4.54. The topological polar surface area (TPSA) is 47.9 Å². The second-order valence-electron chi connectivity index (χ2n) is 4.54. The van der Waals surface area contributed by atoms with Crippen molar-refractivity contribution >= 4 is 23.5 Å². The smallest absolute Gasteiger partial charge is 0.262 e. The lowest BCUT2D eigenvalue weighted by molar-refractivity contribution is -0.130. The van der Waals surface area contributed by atoms with Crippen molar-refractivity contribution in [2.45, 2.75) is 20.3 Å². The third-order valence-corrected chi connectivity index (χ3v) is 2.95. The maximum atomic E-state index is 12.4. The van der Waals surface area contributed by atoms with Gasteiger partial charge < -0.3 is 0 Å². The summed E-state index contributed by atoms with van der Waals surface area (Å²) >= 11 is 0. The molecule has 0 aliphatic carbocycles. The predicted octanol–water partition coefficient (Wildman–Crippen LogP) is 3.68. The number of nitrogens with one attached hydrogen (secondary N) is 1. The summed E-state index contributed by atoms with van der Waals surface area (Å²) < 4.78 is 0. The molecule has 5 nitrogen and oxygen atoms in total. The second kappa shape index (κ2) is 7.83. The summed E-state index contributed by atoms with van der Waals surface area (Å²) in [5, 5.41) is 7.29. The quantitative estimate of drug-likeness (QED) is 0.653. The summed E-state index contributed by atoms with van der Waals surface area (Å²) in [5.74, 6) is -0.0849. The van der Waals surface area contributed by atoms with E-state index in [-0.39, 0.29) is 5.91 Å². The van der Waals surface area contributed by atoms with Gasteiger partial charge in [-0.3, -0.25) is 10.2 Å². The number of nitrogens with zero attached hydrogens (tertiary/aromatic N) is 3. The van der Waals surface area contributed by atoms with E-state index in [4.69, 9.17) is 0 Å². The van der Waals surface area contributed by atoms with E-state index < -0.39 is 0 Å². The summed E-state index contributed by atoms with van der Waals surface area (Å²) in [7, 11) is 0. The number of benzene rings is 2. The van der Waals surface area contributed by atoms with Crippen LogP contribution in [-0.2, 0) is 4.79 Å². The Kier molecular flexibility index (Phi) is 5.54. The van der Waals surface area contributed by atoms with E-state index >= 15 is 0 Å². The Labute approximate surface area is 130 Å². The van der Waals surface area contributed by atoms with Crippen molar-refractivity contribution in [3.05, 3.63) is 60.7 Å². The van der Waals surface area contributed by atoms with E-state index in [9.17, 15) is 4.79 Å². The third kappa shape index (κ3) is 3.85. The van der Waals surface area contributed by atoms with Gasteiger partial charge in [0.15, 0.2) is 0 Å². The number of hydrazine groups is 2. The molecule has 114 valence electrons. The maximum absolute atomic E-state index is 12.4. The van der Waals surface area contributed by atoms with Crippen LogP contribution in [0.5, 0.6) is 0 Å². The van der Waals surface area contributed by atoms with Gasteiger partial charge in [-0.25, -0.2) is 0 Å². The number of rotatable bonds is 6. The lowest BCUT2D eigenvalue weighted by Gasteiger charge is -2.32. The molecule has 0 fully saturated rings. The molecule has 22 heavy (non-hydrogen) atoms. The van der Waals surface area contributed by atoms with Crippen molar-refractivity contribution < 1.29 is 4.79 Å². The van der Waals surface area contributed by atoms with Crippen molar-refractivity contribution in [2.75, 3.05) is 10.5 Å². The number of anilines is 2. The SMILES string of the molecule is C/C=N/N(c1ccccc1)N(Nc1ccccc1)C(=O)CC. The number of amides is 1. The highest BCUT2D eigenvalue weighted by molar-refractivity contribution is 5.79. The number of carbonyl (C=O) groups excluding carboxylic acids is 1. The molecule has 5 heteroatoms. The molecule has 0 saturated heterocycles. The van der Waals surface area contributed by atoms with E-state index in [0.29, 0.717) is 6.42 Å². The van der Waals surface area contributed by atoms with Gasteiger partial charge in [-0.1, -0.05) is 43.3 Å². The van der Waals surface area contributed by atoms with Gasteiger partial charge in [0.2, 0.25) is 0 Å². The molecule has 2 aromatic carbocycles. The van der Waals surface area contributed by atoms with E-state index in [1.54, 1.807) is 11.3 Å². The average molecular weight is 296 g/mol. The first-order valence-electron chi connectivity index (χ1n) is 7.24. The summed E-state index contributed by atoms with van der Waals surface area (Å²) in [6.07, 6.45) is 2.01. The molecule has 1 amide bonds. The van der Waals surface area contributed by atoms with Gasteiger partial charge in [0.05, 0.1) is 11.4 Å². The largest absolute Gasteiger partial charge is 0.275 e. The first-order chi connectivity index (χ1) is 10.8. The number of hydrogen-bond donors (Lipinski definition) is 1. The third-order valence-electron chi connectivity index (χ3n) is 2.95. The summed E-state index contributed by atoms with van der Waals surface area (Å²) in [4.78, 5) is 12.4.